The number of hydrogen-bond acceptors (Lipinski definition) is 4. The molecule has 0 aliphatic heterocycles. The number of halogens is 3. The number of rotatable bonds is 4. The number of carbonyl (C=O) groups is 1. The third kappa shape index (κ3) is 6.96. The molecule has 1 heterocycles. The Kier molecular flexibility index (Phi) is 7.09. The quantitative estimate of drug-likeness (QED) is 0.312. The van der Waals surface area contributed by atoms with Gasteiger partial charge in [0.1, 0.15) is 5.60 Å². The van der Waals surface area contributed by atoms with Crippen molar-refractivity contribution < 1.29 is 22.7 Å². The second-order valence-corrected chi connectivity index (χ2v) is 8.27. The monoisotopic (exact) mass is 471 g/mol. The van der Waals surface area contributed by atoms with E-state index < -0.39 is 23.4 Å². The Bertz CT molecular complexity index is 1170. The Balaban J connectivity index is 1.67. The second-order valence-electron chi connectivity index (χ2n) is 8.27. The summed E-state index contributed by atoms with van der Waals surface area (Å²) in [4.78, 5) is 20.1. The number of alkyl halides is 3. The summed E-state index contributed by atoms with van der Waals surface area (Å²) >= 11 is 0. The van der Waals surface area contributed by atoms with Gasteiger partial charge < -0.3 is 15.8 Å². The topological polar surface area (TPSA) is 102 Å². The second kappa shape index (κ2) is 9.82. The molecule has 0 unspecified atom stereocenters. The molecular formula is C24H24F3N5O2. The number of aliphatic imine (C=N–C) groups is 1. The molecular weight excluding hydrogens is 447 g/mol. The Morgan fingerprint density at radius 3 is 2.18 bits per heavy atom. The summed E-state index contributed by atoms with van der Waals surface area (Å²) < 4.78 is 44.6. The summed E-state index contributed by atoms with van der Waals surface area (Å²) in [5, 5.41) is 5.13. The number of benzene rings is 2. The molecule has 0 aliphatic carbocycles. The van der Waals surface area contributed by atoms with Crippen molar-refractivity contribution in [1.29, 1.82) is 0 Å². The van der Waals surface area contributed by atoms with Crippen molar-refractivity contribution in [3.63, 3.8) is 0 Å². The minimum absolute atomic E-state index is 0.201. The van der Waals surface area contributed by atoms with E-state index in [0.717, 1.165) is 17.2 Å². The number of aromatic nitrogens is 1. The van der Waals surface area contributed by atoms with Crippen molar-refractivity contribution in [3.8, 4) is 11.1 Å². The molecule has 0 fully saturated rings. The van der Waals surface area contributed by atoms with E-state index in [-0.39, 0.29) is 17.5 Å². The van der Waals surface area contributed by atoms with Gasteiger partial charge in [-0.1, -0.05) is 24.3 Å². The normalized spacial score (nSPS) is 12.2. The van der Waals surface area contributed by atoms with Gasteiger partial charge in [-0.3, -0.25) is 5.32 Å². The van der Waals surface area contributed by atoms with Crippen molar-refractivity contribution in [2.45, 2.75) is 32.5 Å². The van der Waals surface area contributed by atoms with Crippen LogP contribution < -0.4 is 16.4 Å². The maximum Gasteiger partial charge on any atom is 0.418 e. The van der Waals surface area contributed by atoms with E-state index >= 15 is 0 Å². The largest absolute Gasteiger partial charge is 0.444 e. The summed E-state index contributed by atoms with van der Waals surface area (Å²) in [6.45, 7) is 5.34. The highest BCUT2D eigenvalue weighted by atomic mass is 19.4. The van der Waals surface area contributed by atoms with Crippen molar-refractivity contribution in [1.82, 2.24) is 4.98 Å². The predicted octanol–water partition coefficient (Wildman–Crippen LogP) is 6.17. The van der Waals surface area contributed by atoms with Crippen LogP contribution in [-0.4, -0.2) is 22.6 Å². The van der Waals surface area contributed by atoms with Crippen LogP contribution in [0, 0.1) is 0 Å². The zero-order chi connectivity index (χ0) is 24.9. The molecule has 178 valence electrons. The first-order valence-electron chi connectivity index (χ1n) is 10.2. The molecule has 2 aromatic carbocycles. The summed E-state index contributed by atoms with van der Waals surface area (Å²) in [6, 6.07) is 15.4. The van der Waals surface area contributed by atoms with Gasteiger partial charge in [0.2, 0.25) is 0 Å². The highest BCUT2D eigenvalue weighted by Gasteiger charge is 2.33. The van der Waals surface area contributed by atoms with E-state index in [1.54, 1.807) is 63.4 Å². The minimum atomic E-state index is -4.53. The summed E-state index contributed by atoms with van der Waals surface area (Å²) in [5.74, 6) is -0.00373. The fraction of sp³-hybridized carbons (Fsp3) is 0.208. The molecule has 0 aliphatic rings. The van der Waals surface area contributed by atoms with Gasteiger partial charge in [0, 0.05) is 17.4 Å². The van der Waals surface area contributed by atoms with Gasteiger partial charge in [0.05, 0.1) is 11.3 Å². The number of nitrogens with zero attached hydrogens (tertiary/aromatic N) is 2. The molecule has 0 saturated carbocycles. The van der Waals surface area contributed by atoms with Gasteiger partial charge in [-0.25, -0.2) is 9.78 Å². The number of ether oxygens (including phenoxy) is 1. The molecule has 34 heavy (non-hydrogen) atoms. The molecule has 0 atom stereocenters. The number of guanidine groups is 1. The zero-order valence-corrected chi connectivity index (χ0v) is 18.8. The first-order chi connectivity index (χ1) is 15.9. The van der Waals surface area contributed by atoms with E-state index in [1.165, 1.54) is 18.2 Å². The Hall–Kier alpha value is -4.08. The highest BCUT2D eigenvalue weighted by Crippen LogP contribution is 2.34. The first-order valence-corrected chi connectivity index (χ1v) is 10.2. The molecule has 0 radical (unpaired) electrons. The SMILES string of the molecule is CC(C)(C)OC(=O)Nc1ccc(-c2ccc(N=C(N)Nc3ccccc3C(F)(F)F)nc2)cc1. The maximum atomic E-state index is 13.1. The average molecular weight is 471 g/mol. The van der Waals surface area contributed by atoms with E-state index in [4.69, 9.17) is 10.5 Å². The molecule has 10 heteroatoms. The van der Waals surface area contributed by atoms with Crippen LogP contribution in [0.15, 0.2) is 71.9 Å². The number of pyridine rings is 1. The van der Waals surface area contributed by atoms with E-state index in [2.05, 4.69) is 20.6 Å². The number of para-hydroxylation sites is 1. The number of hydrogen-bond donors (Lipinski definition) is 3. The standard InChI is InChI=1S/C24H24F3N5O2/c1-23(2,3)34-22(33)30-17-11-8-15(9-12-17)16-10-13-20(29-14-16)32-21(28)31-19-7-5-4-6-18(19)24(25,26)27/h4-14H,1-3H3,(H,30,33)(H3,28,29,31,32). The Morgan fingerprint density at radius 1 is 0.941 bits per heavy atom. The number of amides is 1. The summed E-state index contributed by atoms with van der Waals surface area (Å²) in [5.41, 5.74) is 6.32. The lowest BCUT2D eigenvalue weighted by Crippen LogP contribution is -2.27. The van der Waals surface area contributed by atoms with Gasteiger partial charge in [-0.05, 0) is 62.7 Å². The van der Waals surface area contributed by atoms with Gasteiger partial charge in [-0.2, -0.15) is 18.2 Å². The van der Waals surface area contributed by atoms with Crippen LogP contribution in [-0.2, 0) is 10.9 Å². The fourth-order valence-electron chi connectivity index (χ4n) is 2.92. The molecule has 0 saturated heterocycles. The van der Waals surface area contributed by atoms with Crippen LogP contribution in [0.4, 0.5) is 35.2 Å². The van der Waals surface area contributed by atoms with E-state index in [9.17, 15) is 18.0 Å². The van der Waals surface area contributed by atoms with Gasteiger partial charge in [0.25, 0.3) is 0 Å². The molecule has 0 bridgehead atoms. The molecule has 1 aromatic heterocycles. The third-order valence-corrected chi connectivity index (χ3v) is 4.34. The van der Waals surface area contributed by atoms with Crippen LogP contribution >= 0.6 is 0 Å². The molecule has 0 spiro atoms. The average Bonchev–Trinajstić information content (AvgIpc) is 2.73. The number of anilines is 2. The van der Waals surface area contributed by atoms with Gasteiger partial charge >= 0.3 is 12.3 Å². The van der Waals surface area contributed by atoms with Crippen LogP contribution in [0.3, 0.4) is 0 Å². The Morgan fingerprint density at radius 2 is 1.59 bits per heavy atom. The molecule has 4 N–H and O–H groups in total. The lowest BCUT2D eigenvalue weighted by Gasteiger charge is -2.19. The van der Waals surface area contributed by atoms with Crippen LogP contribution in [0.25, 0.3) is 11.1 Å². The van der Waals surface area contributed by atoms with Crippen molar-refractivity contribution >= 4 is 29.2 Å². The van der Waals surface area contributed by atoms with Crippen molar-refractivity contribution in [3.05, 3.63) is 72.4 Å². The van der Waals surface area contributed by atoms with Crippen molar-refractivity contribution in [2.75, 3.05) is 10.6 Å². The molecule has 3 rings (SSSR count). The Labute approximate surface area is 194 Å². The lowest BCUT2D eigenvalue weighted by atomic mass is 10.1. The van der Waals surface area contributed by atoms with Gasteiger partial charge in [-0.15, -0.1) is 0 Å². The van der Waals surface area contributed by atoms with E-state index in [1.807, 2.05) is 0 Å². The first kappa shape index (κ1) is 24.6. The number of nitrogens with two attached hydrogens (primary N) is 1. The minimum Gasteiger partial charge on any atom is -0.444 e. The molecule has 7 nitrogen and oxygen atoms in total. The molecule has 1 amide bonds. The van der Waals surface area contributed by atoms with Crippen LogP contribution in [0.5, 0.6) is 0 Å². The van der Waals surface area contributed by atoms with Gasteiger partial charge in [0.15, 0.2) is 11.8 Å². The smallest absolute Gasteiger partial charge is 0.418 e. The maximum absolute atomic E-state index is 13.1. The zero-order valence-electron chi connectivity index (χ0n) is 18.8. The summed E-state index contributed by atoms with van der Waals surface area (Å²) in [7, 11) is 0. The van der Waals surface area contributed by atoms with Crippen LogP contribution in [0.1, 0.15) is 26.3 Å². The van der Waals surface area contributed by atoms with Crippen LogP contribution in [0.2, 0.25) is 0 Å². The number of nitrogens with one attached hydrogen (secondary N) is 2. The fourth-order valence-corrected chi connectivity index (χ4v) is 2.92. The number of carbonyl (C=O) groups excluding carboxylic acids is 1. The molecule has 3 aromatic rings. The summed E-state index contributed by atoms with van der Waals surface area (Å²) in [6.07, 6.45) is -3.51. The van der Waals surface area contributed by atoms with Crippen molar-refractivity contribution in [2.24, 2.45) is 10.7 Å². The van der Waals surface area contributed by atoms with E-state index in [0.29, 0.717) is 5.69 Å². The third-order valence-electron chi connectivity index (χ3n) is 4.34. The predicted molar refractivity (Wildman–Crippen MR) is 126 cm³/mol. The lowest BCUT2D eigenvalue weighted by molar-refractivity contribution is -0.136. The highest BCUT2D eigenvalue weighted by molar-refractivity contribution is 5.94.